The van der Waals surface area contributed by atoms with E-state index in [1.165, 1.54) is 11.8 Å². The Labute approximate surface area is 193 Å². The van der Waals surface area contributed by atoms with Gasteiger partial charge in [0.1, 0.15) is 12.4 Å². The highest BCUT2D eigenvalue weighted by Gasteiger charge is 2.08. The number of ether oxygens (including phenoxy) is 1. The lowest BCUT2D eigenvalue weighted by atomic mass is 10.2. The van der Waals surface area contributed by atoms with Gasteiger partial charge in [0.05, 0.1) is 22.9 Å². The first-order chi connectivity index (χ1) is 15.7. The molecule has 4 nitrogen and oxygen atoms in total. The van der Waals surface area contributed by atoms with E-state index in [0.717, 1.165) is 23.5 Å². The van der Waals surface area contributed by atoms with Crippen LogP contribution in [0.3, 0.4) is 0 Å². The highest BCUT2D eigenvalue weighted by Crippen LogP contribution is 2.22. The predicted molar refractivity (Wildman–Crippen MR) is 130 cm³/mol. The lowest BCUT2D eigenvalue weighted by Crippen LogP contribution is -1.98. The fourth-order valence-corrected chi connectivity index (χ4v) is 3.34. The molecule has 0 radical (unpaired) electrons. The molecule has 0 unspecified atom stereocenters. The molecule has 0 heterocycles. The third kappa shape index (κ3) is 9.89. The van der Waals surface area contributed by atoms with Gasteiger partial charge in [0.25, 0.3) is 0 Å². The average molecular weight is 444 g/mol. The molecule has 0 bridgehead atoms. The van der Waals surface area contributed by atoms with Crippen LogP contribution in [0.15, 0.2) is 89.9 Å². The Balaban J connectivity index is 1.53. The Hall–Kier alpha value is -3.67. The summed E-state index contributed by atoms with van der Waals surface area (Å²) in [5.74, 6) is 6.55. The fraction of sp³-hybridized carbons (Fsp3) is 0.185. The van der Waals surface area contributed by atoms with Gasteiger partial charge in [-0.2, -0.15) is 5.26 Å². The minimum absolute atomic E-state index is 0.319. The van der Waals surface area contributed by atoms with Crippen molar-refractivity contribution in [2.24, 2.45) is 0 Å². The average Bonchev–Trinajstić information content (AvgIpc) is 2.82. The number of nitriles is 1. The molecule has 0 atom stereocenters. The van der Waals surface area contributed by atoms with Gasteiger partial charge >= 0.3 is 5.97 Å². The molecule has 0 fully saturated rings. The van der Waals surface area contributed by atoms with E-state index in [1.807, 2.05) is 18.2 Å². The number of hydrogen-bond donors (Lipinski definition) is 1. The van der Waals surface area contributed by atoms with E-state index >= 15 is 0 Å². The van der Waals surface area contributed by atoms with Crippen molar-refractivity contribution in [2.45, 2.75) is 24.2 Å². The van der Waals surface area contributed by atoms with Crippen LogP contribution >= 0.6 is 11.8 Å². The van der Waals surface area contributed by atoms with Crippen molar-refractivity contribution in [3.8, 4) is 23.7 Å². The summed E-state index contributed by atoms with van der Waals surface area (Å²) >= 11 is 1.44. The maximum absolute atomic E-state index is 11.2. The molecular formula is C27H25NO3S. The van der Waals surface area contributed by atoms with Crippen LogP contribution in [0.1, 0.15) is 35.2 Å². The molecule has 0 amide bonds. The van der Waals surface area contributed by atoms with Crippen LogP contribution in [-0.4, -0.2) is 23.4 Å². The summed E-state index contributed by atoms with van der Waals surface area (Å²) in [5.41, 5.74) is 0.942. The van der Waals surface area contributed by atoms with Crippen LogP contribution in [0.4, 0.5) is 0 Å². The van der Waals surface area contributed by atoms with Crippen molar-refractivity contribution in [1.29, 1.82) is 5.26 Å². The van der Waals surface area contributed by atoms with Gasteiger partial charge in [-0.3, -0.25) is 0 Å². The SMILES string of the molecule is N#Cc1ccc(OCC=CCC=CCC=CCC#CCSc2ccccc2C(=O)O)cc1. The number of nitrogens with zero attached hydrogens (tertiary/aromatic N) is 1. The third-order valence-electron chi connectivity index (χ3n) is 4.14. The summed E-state index contributed by atoms with van der Waals surface area (Å²) in [4.78, 5) is 11.9. The van der Waals surface area contributed by atoms with Crippen LogP contribution < -0.4 is 4.74 Å². The van der Waals surface area contributed by atoms with E-state index in [1.54, 1.807) is 42.5 Å². The zero-order chi connectivity index (χ0) is 22.9. The second-order valence-electron chi connectivity index (χ2n) is 6.48. The van der Waals surface area contributed by atoms with Gasteiger partial charge in [-0.05, 0) is 49.2 Å². The van der Waals surface area contributed by atoms with Gasteiger partial charge in [-0.1, -0.05) is 60.4 Å². The van der Waals surface area contributed by atoms with E-state index in [2.05, 4.69) is 42.2 Å². The highest BCUT2D eigenvalue weighted by atomic mass is 32.2. The Bertz CT molecular complexity index is 1050. The van der Waals surface area contributed by atoms with Crippen LogP contribution in [0.2, 0.25) is 0 Å². The molecular weight excluding hydrogens is 418 g/mol. The largest absolute Gasteiger partial charge is 0.490 e. The molecule has 2 rings (SSSR count). The number of aromatic carboxylic acids is 1. The number of rotatable bonds is 11. The van der Waals surface area contributed by atoms with Gasteiger partial charge in [-0.15, -0.1) is 11.8 Å². The molecule has 162 valence electrons. The highest BCUT2D eigenvalue weighted by molar-refractivity contribution is 7.99. The summed E-state index contributed by atoms with van der Waals surface area (Å²) in [6.45, 7) is 0.499. The number of carbonyl (C=O) groups is 1. The topological polar surface area (TPSA) is 70.3 Å². The lowest BCUT2D eigenvalue weighted by Gasteiger charge is -2.01. The smallest absolute Gasteiger partial charge is 0.336 e. The van der Waals surface area contributed by atoms with Crippen LogP contribution in [0.5, 0.6) is 5.75 Å². The van der Waals surface area contributed by atoms with E-state index < -0.39 is 5.97 Å². The fourth-order valence-electron chi connectivity index (χ4n) is 2.53. The second-order valence-corrected chi connectivity index (χ2v) is 7.50. The Morgan fingerprint density at radius 2 is 1.62 bits per heavy atom. The van der Waals surface area contributed by atoms with Gasteiger partial charge in [0, 0.05) is 11.3 Å². The van der Waals surface area contributed by atoms with Crippen molar-refractivity contribution in [2.75, 3.05) is 12.4 Å². The number of carboxylic acid groups (broad SMARTS) is 1. The number of allylic oxidation sites excluding steroid dienone is 5. The van der Waals surface area contributed by atoms with Gasteiger partial charge in [-0.25, -0.2) is 4.79 Å². The zero-order valence-corrected chi connectivity index (χ0v) is 18.6. The first-order valence-corrected chi connectivity index (χ1v) is 11.2. The Kier molecular flexibility index (Phi) is 11.7. The summed E-state index contributed by atoms with van der Waals surface area (Å²) in [6.07, 6.45) is 14.7. The molecule has 0 aromatic heterocycles. The van der Waals surface area contributed by atoms with Crippen molar-refractivity contribution in [1.82, 2.24) is 0 Å². The van der Waals surface area contributed by atoms with Crippen molar-refractivity contribution < 1.29 is 14.6 Å². The number of hydrogen-bond acceptors (Lipinski definition) is 4. The zero-order valence-electron chi connectivity index (χ0n) is 17.7. The molecule has 0 aliphatic heterocycles. The Morgan fingerprint density at radius 1 is 0.938 bits per heavy atom. The Morgan fingerprint density at radius 3 is 2.34 bits per heavy atom. The van der Waals surface area contributed by atoms with Gasteiger partial charge < -0.3 is 9.84 Å². The van der Waals surface area contributed by atoms with Crippen molar-refractivity contribution in [3.05, 3.63) is 96.1 Å². The monoisotopic (exact) mass is 443 g/mol. The molecule has 0 saturated heterocycles. The summed E-state index contributed by atoms with van der Waals surface area (Å²) in [6, 6.07) is 16.1. The molecule has 32 heavy (non-hydrogen) atoms. The summed E-state index contributed by atoms with van der Waals surface area (Å²) in [7, 11) is 0. The summed E-state index contributed by atoms with van der Waals surface area (Å²) < 4.78 is 5.57. The third-order valence-corrected chi connectivity index (χ3v) is 5.09. The second kappa shape index (κ2) is 15.2. The number of benzene rings is 2. The van der Waals surface area contributed by atoms with E-state index in [0.29, 0.717) is 29.9 Å². The van der Waals surface area contributed by atoms with Crippen LogP contribution in [0.25, 0.3) is 0 Å². The van der Waals surface area contributed by atoms with E-state index in [4.69, 9.17) is 15.1 Å². The first-order valence-electron chi connectivity index (χ1n) is 10.2. The van der Waals surface area contributed by atoms with E-state index in [-0.39, 0.29) is 0 Å². The van der Waals surface area contributed by atoms with Crippen molar-refractivity contribution in [3.63, 3.8) is 0 Å². The predicted octanol–water partition coefficient (Wildman–Crippen LogP) is 6.27. The lowest BCUT2D eigenvalue weighted by molar-refractivity contribution is 0.0693. The molecule has 2 aromatic rings. The van der Waals surface area contributed by atoms with Crippen LogP contribution in [0, 0.1) is 23.2 Å². The molecule has 0 aliphatic rings. The van der Waals surface area contributed by atoms with Gasteiger partial charge in [0.2, 0.25) is 0 Å². The molecule has 0 saturated carbocycles. The standard InChI is InChI=1S/C27H25NO3S/c28-22-23-16-18-24(19-17-23)31-20-12-8-6-4-2-1-3-5-7-9-13-21-32-26-15-11-10-14-25(26)27(29)30/h2-5,8,10-12,14-19H,1,6-7,20-21H2,(H,29,30). The van der Waals surface area contributed by atoms with Gasteiger partial charge in [0.15, 0.2) is 0 Å². The maximum Gasteiger partial charge on any atom is 0.336 e. The van der Waals surface area contributed by atoms with Crippen molar-refractivity contribution >= 4 is 17.7 Å². The first kappa shape index (κ1) is 24.6. The molecule has 1 N–H and O–H groups in total. The number of carboxylic acids is 1. The quantitative estimate of drug-likeness (QED) is 0.252. The molecule has 0 spiro atoms. The summed E-state index contributed by atoms with van der Waals surface area (Å²) in [5, 5.41) is 17.9. The minimum atomic E-state index is -0.913. The number of thioether (sulfide) groups is 1. The molecule has 0 aliphatic carbocycles. The molecule has 2 aromatic carbocycles. The molecule has 5 heteroatoms. The van der Waals surface area contributed by atoms with Crippen LogP contribution in [-0.2, 0) is 0 Å². The van der Waals surface area contributed by atoms with E-state index in [9.17, 15) is 4.79 Å². The maximum atomic E-state index is 11.2. The normalized spacial score (nSPS) is 10.8. The minimum Gasteiger partial charge on any atom is -0.490 e.